The van der Waals surface area contributed by atoms with E-state index < -0.39 is 24.4 Å². The van der Waals surface area contributed by atoms with E-state index in [1.54, 1.807) is 0 Å². The Morgan fingerprint density at radius 1 is 0.667 bits per heavy atom. The van der Waals surface area contributed by atoms with Gasteiger partial charge < -0.3 is 20.4 Å². The van der Waals surface area contributed by atoms with Crippen molar-refractivity contribution in [1.29, 1.82) is 0 Å². The Kier molecular flexibility index (Phi) is 3.46. The largest absolute Gasteiger partial charge is 0.390 e. The minimum Gasteiger partial charge on any atom is -0.390 e. The molecule has 1 aliphatic carbocycles. The first-order valence-electron chi connectivity index (χ1n) is 4.35. The van der Waals surface area contributed by atoms with Crippen LogP contribution in [-0.2, 0) is 0 Å². The molecule has 4 atom stereocenters. The van der Waals surface area contributed by atoms with Crippen LogP contribution in [0.2, 0.25) is 0 Å². The third-order valence-corrected chi connectivity index (χ3v) is 2.39. The first kappa shape index (κ1) is 9.92. The fourth-order valence-corrected chi connectivity index (χ4v) is 1.50. The summed E-state index contributed by atoms with van der Waals surface area (Å²) in [7, 11) is 0. The molecule has 0 unspecified atom stereocenters. The average Bonchev–Trinajstić information content (AvgIpc) is 2.07. The SMILES string of the molecule is O[C@H]1[C@H](O)[C@H](O)CCCC[C@H]1O. The fraction of sp³-hybridized carbons (Fsp3) is 1.00. The lowest BCUT2D eigenvalue weighted by Gasteiger charge is -2.28. The van der Waals surface area contributed by atoms with Gasteiger partial charge in [-0.3, -0.25) is 0 Å². The van der Waals surface area contributed by atoms with Crippen molar-refractivity contribution in [3.05, 3.63) is 0 Å². The molecular weight excluding hydrogens is 160 g/mol. The van der Waals surface area contributed by atoms with Crippen LogP contribution in [0.5, 0.6) is 0 Å². The lowest BCUT2D eigenvalue weighted by Crippen LogP contribution is -2.45. The maximum atomic E-state index is 9.26. The molecule has 0 aromatic rings. The van der Waals surface area contributed by atoms with Crippen LogP contribution < -0.4 is 0 Å². The summed E-state index contributed by atoms with van der Waals surface area (Å²) >= 11 is 0. The van der Waals surface area contributed by atoms with Crippen LogP contribution in [0.4, 0.5) is 0 Å². The number of hydrogen-bond donors (Lipinski definition) is 4. The van der Waals surface area contributed by atoms with Gasteiger partial charge >= 0.3 is 0 Å². The summed E-state index contributed by atoms with van der Waals surface area (Å²) in [4.78, 5) is 0. The molecule has 72 valence electrons. The first-order chi connectivity index (χ1) is 5.63. The van der Waals surface area contributed by atoms with Gasteiger partial charge in [-0.25, -0.2) is 0 Å². The molecule has 12 heavy (non-hydrogen) atoms. The van der Waals surface area contributed by atoms with E-state index in [1.807, 2.05) is 0 Å². The van der Waals surface area contributed by atoms with E-state index in [0.29, 0.717) is 12.8 Å². The van der Waals surface area contributed by atoms with Crippen LogP contribution in [0.3, 0.4) is 0 Å². The van der Waals surface area contributed by atoms with E-state index in [0.717, 1.165) is 12.8 Å². The quantitative estimate of drug-likeness (QED) is 0.382. The average molecular weight is 176 g/mol. The molecule has 0 aliphatic heterocycles. The second kappa shape index (κ2) is 4.18. The summed E-state index contributed by atoms with van der Waals surface area (Å²) in [6, 6.07) is 0. The molecule has 0 saturated heterocycles. The van der Waals surface area contributed by atoms with Crippen LogP contribution in [0.15, 0.2) is 0 Å². The number of aliphatic hydroxyl groups excluding tert-OH is 4. The molecule has 4 heteroatoms. The number of rotatable bonds is 0. The van der Waals surface area contributed by atoms with Crippen LogP contribution in [0.25, 0.3) is 0 Å². The molecule has 0 spiro atoms. The molecule has 0 amide bonds. The zero-order valence-corrected chi connectivity index (χ0v) is 6.93. The predicted octanol–water partition coefficient (Wildman–Crippen LogP) is -0.996. The van der Waals surface area contributed by atoms with Gasteiger partial charge in [-0.2, -0.15) is 0 Å². The van der Waals surface area contributed by atoms with Crippen molar-refractivity contribution in [2.75, 3.05) is 0 Å². The van der Waals surface area contributed by atoms with Crippen LogP contribution in [0.1, 0.15) is 25.7 Å². The smallest absolute Gasteiger partial charge is 0.108 e. The van der Waals surface area contributed by atoms with Gasteiger partial charge in [0.25, 0.3) is 0 Å². The third-order valence-electron chi connectivity index (χ3n) is 2.39. The summed E-state index contributed by atoms with van der Waals surface area (Å²) in [5, 5.41) is 37.0. The Morgan fingerprint density at radius 3 is 1.33 bits per heavy atom. The van der Waals surface area contributed by atoms with E-state index in [9.17, 15) is 20.4 Å². The monoisotopic (exact) mass is 176 g/mol. The maximum Gasteiger partial charge on any atom is 0.108 e. The standard InChI is InChI=1S/C8H16O4/c9-5-3-1-2-4-6(10)8(12)7(5)11/h5-12H,1-4H2/t5-,6-,7-,8-/m1/s1. The van der Waals surface area contributed by atoms with Gasteiger partial charge in [0.05, 0.1) is 12.2 Å². The van der Waals surface area contributed by atoms with Gasteiger partial charge in [-0.05, 0) is 12.8 Å². The van der Waals surface area contributed by atoms with E-state index in [1.165, 1.54) is 0 Å². The van der Waals surface area contributed by atoms with E-state index in [-0.39, 0.29) is 0 Å². The molecule has 4 nitrogen and oxygen atoms in total. The highest BCUT2D eigenvalue weighted by atomic mass is 16.4. The molecule has 1 saturated carbocycles. The molecule has 1 fully saturated rings. The lowest BCUT2D eigenvalue weighted by atomic mass is 9.92. The van der Waals surface area contributed by atoms with E-state index in [2.05, 4.69) is 0 Å². The Bertz CT molecular complexity index is 123. The molecule has 1 aliphatic rings. The molecule has 0 bridgehead atoms. The van der Waals surface area contributed by atoms with Gasteiger partial charge in [0.1, 0.15) is 12.2 Å². The molecular formula is C8H16O4. The second-order valence-electron chi connectivity index (χ2n) is 3.40. The minimum atomic E-state index is -1.21. The van der Waals surface area contributed by atoms with Crippen molar-refractivity contribution in [2.45, 2.75) is 50.1 Å². The Balaban J connectivity index is 2.55. The van der Waals surface area contributed by atoms with Gasteiger partial charge in [0, 0.05) is 0 Å². The minimum absolute atomic E-state index is 0.491. The molecule has 0 aromatic carbocycles. The summed E-state index contributed by atoms with van der Waals surface area (Å²) < 4.78 is 0. The predicted molar refractivity (Wildman–Crippen MR) is 42.5 cm³/mol. The molecule has 1 rings (SSSR count). The molecule has 0 heterocycles. The highest BCUT2D eigenvalue weighted by Gasteiger charge is 2.31. The van der Waals surface area contributed by atoms with Gasteiger partial charge in [0.2, 0.25) is 0 Å². The van der Waals surface area contributed by atoms with Gasteiger partial charge in [-0.1, -0.05) is 12.8 Å². The van der Waals surface area contributed by atoms with Crippen molar-refractivity contribution in [1.82, 2.24) is 0 Å². The summed E-state index contributed by atoms with van der Waals surface area (Å²) in [6.07, 6.45) is -1.69. The van der Waals surface area contributed by atoms with Crippen molar-refractivity contribution in [3.8, 4) is 0 Å². The normalized spacial score (nSPS) is 45.0. The first-order valence-corrected chi connectivity index (χ1v) is 4.35. The van der Waals surface area contributed by atoms with Crippen molar-refractivity contribution < 1.29 is 20.4 Å². The molecule has 0 radical (unpaired) electrons. The van der Waals surface area contributed by atoms with Crippen LogP contribution in [-0.4, -0.2) is 44.8 Å². The topological polar surface area (TPSA) is 80.9 Å². The van der Waals surface area contributed by atoms with E-state index >= 15 is 0 Å². The zero-order chi connectivity index (χ0) is 9.14. The third kappa shape index (κ3) is 2.17. The summed E-state index contributed by atoms with van der Waals surface area (Å²) in [5.74, 6) is 0. The van der Waals surface area contributed by atoms with Crippen LogP contribution in [0, 0.1) is 0 Å². The van der Waals surface area contributed by atoms with Crippen molar-refractivity contribution in [3.63, 3.8) is 0 Å². The Hall–Kier alpha value is -0.160. The van der Waals surface area contributed by atoms with Crippen LogP contribution >= 0.6 is 0 Å². The lowest BCUT2D eigenvalue weighted by molar-refractivity contribution is -0.114. The van der Waals surface area contributed by atoms with E-state index in [4.69, 9.17) is 0 Å². The summed E-state index contributed by atoms with van der Waals surface area (Å²) in [6.45, 7) is 0. The second-order valence-corrected chi connectivity index (χ2v) is 3.40. The van der Waals surface area contributed by atoms with Gasteiger partial charge in [-0.15, -0.1) is 0 Å². The number of hydrogen-bond acceptors (Lipinski definition) is 4. The molecule has 4 N–H and O–H groups in total. The number of aliphatic hydroxyl groups is 4. The highest BCUT2D eigenvalue weighted by Crippen LogP contribution is 2.18. The summed E-state index contributed by atoms with van der Waals surface area (Å²) in [5.41, 5.74) is 0. The highest BCUT2D eigenvalue weighted by molar-refractivity contribution is 4.82. The Morgan fingerprint density at radius 2 is 1.00 bits per heavy atom. The Labute approximate surface area is 71.5 Å². The fourth-order valence-electron chi connectivity index (χ4n) is 1.50. The molecule has 0 aromatic heterocycles. The van der Waals surface area contributed by atoms with Crippen molar-refractivity contribution >= 4 is 0 Å². The van der Waals surface area contributed by atoms with Crippen molar-refractivity contribution in [2.24, 2.45) is 0 Å². The maximum absolute atomic E-state index is 9.26. The zero-order valence-electron chi connectivity index (χ0n) is 6.93. The van der Waals surface area contributed by atoms with Gasteiger partial charge in [0.15, 0.2) is 0 Å².